The molecule has 0 aliphatic heterocycles. The SMILES string of the molecule is C.C.C.CC.CC.CC.CC.CC.CC.CC.CC.CC.[2HH].[2HH].[2HH]. The molecule has 0 aromatic heterocycles. The van der Waals surface area contributed by atoms with E-state index in [4.69, 9.17) is 0 Å². The van der Waals surface area contributed by atoms with Gasteiger partial charge in [0.1, 0.15) is 0 Å². The summed E-state index contributed by atoms with van der Waals surface area (Å²) < 4.78 is 0. The largest absolute Gasteiger partial charge is 0.0776 e. The van der Waals surface area contributed by atoms with Crippen LogP contribution in [0.4, 0.5) is 0 Å². The normalized spacial score (nSPS) is 2.57. The Bertz CT molecular complexity index is 13.0. The third kappa shape index (κ3) is 0. The summed E-state index contributed by atoms with van der Waals surface area (Å²) >= 11 is 0. The molecule has 0 aromatic carbocycles. The summed E-state index contributed by atoms with van der Waals surface area (Å²) in [6, 6.07) is 0. The summed E-state index contributed by atoms with van der Waals surface area (Å²) in [6.07, 6.45) is 0. The van der Waals surface area contributed by atoms with Crippen molar-refractivity contribution >= 4 is 0 Å². The highest BCUT2D eigenvalue weighted by molar-refractivity contribution is 3.52. The van der Waals surface area contributed by atoms with E-state index in [2.05, 4.69) is 0 Å². The minimum absolute atomic E-state index is 0. The van der Waals surface area contributed by atoms with E-state index in [0.717, 1.165) is 0 Å². The van der Waals surface area contributed by atoms with Crippen molar-refractivity contribution in [3.8, 4) is 0 Å². The Morgan fingerprint density at radius 1 is 0.190 bits per heavy atom. The Balaban J connectivity index is -0.00000000283. The highest BCUT2D eigenvalue weighted by atomic mass is 13.0. The molecular weight excluding hydrogens is 252 g/mol. The molecule has 0 spiro atoms. The van der Waals surface area contributed by atoms with E-state index in [9.17, 15) is 0 Å². The molecule has 0 aliphatic carbocycles. The van der Waals surface area contributed by atoms with Gasteiger partial charge in [-0.05, 0) is 0 Å². The van der Waals surface area contributed by atoms with Crippen molar-refractivity contribution in [2.45, 2.75) is 147 Å². The Morgan fingerprint density at radius 2 is 0.190 bits per heavy atom. The van der Waals surface area contributed by atoms with Gasteiger partial charge >= 0.3 is 0 Å². The molecule has 0 saturated carbocycles. The van der Waals surface area contributed by atoms with Gasteiger partial charge in [-0.1, -0.05) is 147 Å². The fraction of sp³-hybridized carbons (Fsp3) is 1.00. The van der Waals surface area contributed by atoms with Crippen molar-refractivity contribution in [2.75, 3.05) is 0 Å². The maximum atomic E-state index is 2.00. The van der Waals surface area contributed by atoms with Gasteiger partial charge in [-0.2, -0.15) is 0 Å². The smallest absolute Gasteiger partial charge is 0 e. The van der Waals surface area contributed by atoms with Crippen LogP contribution in [0.1, 0.15) is 151 Å². The zero-order valence-corrected chi connectivity index (χ0v) is 18.0. The lowest BCUT2D eigenvalue weighted by Gasteiger charge is -1.07. The molecule has 0 heteroatoms. The molecule has 0 amide bonds. The summed E-state index contributed by atoms with van der Waals surface area (Å²) in [4.78, 5) is 0. The van der Waals surface area contributed by atoms with Crippen LogP contribution in [0.2, 0.25) is 0 Å². The summed E-state index contributed by atoms with van der Waals surface area (Å²) in [5.41, 5.74) is 0. The van der Waals surface area contributed by atoms with Gasteiger partial charge in [-0.15, -0.1) is 0 Å². The average molecular weight is 328 g/mol. The first-order chi connectivity index (χ1) is 9.00. The molecule has 0 bridgehead atoms. The second-order valence-corrected chi connectivity index (χ2v) is 0. The Hall–Kier alpha value is 0. The molecule has 0 saturated heterocycles. The van der Waals surface area contributed by atoms with Crippen LogP contribution in [-0.4, -0.2) is 0 Å². The van der Waals surface area contributed by atoms with Crippen molar-refractivity contribution in [1.29, 1.82) is 0 Å². The van der Waals surface area contributed by atoms with Crippen LogP contribution in [0, 0.1) is 0 Å². The predicted molar refractivity (Wildman–Crippen MR) is 129 cm³/mol. The molecule has 0 radical (unpaired) electrons. The second kappa shape index (κ2) is 0. The molecular formula is C21H72. The molecule has 0 unspecified atom stereocenters. The first kappa shape index (κ1) is 104. The molecule has 0 aromatic rings. The van der Waals surface area contributed by atoms with Crippen LogP contribution >= 0.6 is 0 Å². The first-order valence-electron chi connectivity index (χ1n) is 9.00. The van der Waals surface area contributed by atoms with Gasteiger partial charge in [-0.3, -0.25) is 0 Å². The molecule has 0 nitrogen and oxygen atoms in total. The van der Waals surface area contributed by atoms with Gasteiger partial charge in [0, 0.05) is 4.28 Å². The van der Waals surface area contributed by atoms with Crippen molar-refractivity contribution in [3.05, 3.63) is 0 Å². The number of rotatable bonds is 0. The fourth-order valence-electron chi connectivity index (χ4n) is 0. The third-order valence-electron chi connectivity index (χ3n) is 0. The van der Waals surface area contributed by atoms with Gasteiger partial charge in [0.15, 0.2) is 0 Å². The Kier molecular flexibility index (Phi) is 0. The highest BCUT2D eigenvalue weighted by Crippen LogP contribution is 1.16. The lowest BCUT2D eigenvalue weighted by atomic mass is 11.0. The second-order valence-electron chi connectivity index (χ2n) is 0. The van der Waals surface area contributed by atoms with Crippen LogP contribution in [0.15, 0.2) is 0 Å². The molecule has 0 rings (SSSR count). The predicted octanol–water partition coefficient (Wildman–Crippen LogP) is 11.9. The third-order valence-corrected chi connectivity index (χ3v) is 0. The molecule has 0 heterocycles. The van der Waals surface area contributed by atoms with E-state index in [1.165, 1.54) is 0 Å². The van der Waals surface area contributed by atoms with E-state index in [0.29, 0.717) is 0 Å². The maximum Gasteiger partial charge on any atom is 0 e. The van der Waals surface area contributed by atoms with Gasteiger partial charge in [0.2, 0.25) is 0 Å². The van der Waals surface area contributed by atoms with E-state index >= 15 is 0 Å². The standard InChI is InChI=1S/9C2H6.3CH4.3H2/c9*1-2;;;;;;/h9*1-2H3;3*1H4;3*1H/i;;;;;;;;;;;;3*1+1. The maximum absolute atomic E-state index is 2.00. The Labute approximate surface area is 152 Å². The highest BCUT2D eigenvalue weighted by Gasteiger charge is 0.948. The average Bonchev–Trinajstić information content (AvgIpc) is 2.63. The van der Waals surface area contributed by atoms with Crippen LogP contribution in [0.3, 0.4) is 0 Å². The number of hydrogen-bond acceptors (Lipinski definition) is 0. The summed E-state index contributed by atoms with van der Waals surface area (Å²) in [5.74, 6) is 0. The lowest BCUT2D eigenvalue weighted by molar-refractivity contribution is 1.50. The van der Waals surface area contributed by atoms with E-state index in [1.807, 2.05) is 125 Å². The zero-order chi connectivity index (χ0) is 18.0. The van der Waals surface area contributed by atoms with Crippen molar-refractivity contribution in [3.63, 3.8) is 0 Å². The quantitative estimate of drug-likeness (QED) is 0.415. The van der Waals surface area contributed by atoms with Gasteiger partial charge in [-0.25, -0.2) is 0 Å². The fourth-order valence-corrected chi connectivity index (χ4v) is 0. The molecule has 21 heavy (non-hydrogen) atoms. The first-order valence-corrected chi connectivity index (χ1v) is 9.00. The van der Waals surface area contributed by atoms with Crippen molar-refractivity contribution in [2.24, 2.45) is 0 Å². The van der Waals surface area contributed by atoms with Crippen LogP contribution < -0.4 is 0 Å². The van der Waals surface area contributed by atoms with E-state index < -0.39 is 0 Å². The molecule has 0 aliphatic rings. The topological polar surface area (TPSA) is 0 Å². The monoisotopic (exact) mass is 328 g/mol. The summed E-state index contributed by atoms with van der Waals surface area (Å²) in [5, 5.41) is 0. The van der Waals surface area contributed by atoms with E-state index in [1.54, 1.807) is 0 Å². The van der Waals surface area contributed by atoms with Gasteiger partial charge in [0.25, 0.3) is 0 Å². The van der Waals surface area contributed by atoms with Crippen molar-refractivity contribution < 1.29 is 4.28 Å². The Morgan fingerprint density at radius 3 is 0.190 bits per heavy atom. The van der Waals surface area contributed by atoms with Crippen LogP contribution in [0.5, 0.6) is 0 Å². The number of hydrogen-bond donors (Lipinski definition) is 0. The van der Waals surface area contributed by atoms with Gasteiger partial charge < -0.3 is 0 Å². The lowest BCUT2D eigenvalue weighted by Crippen LogP contribution is -0.856. The van der Waals surface area contributed by atoms with Crippen molar-refractivity contribution in [1.82, 2.24) is 0 Å². The molecule has 0 fully saturated rings. The molecule has 156 valence electrons. The summed E-state index contributed by atoms with van der Waals surface area (Å²) in [7, 11) is 0. The van der Waals surface area contributed by atoms with Crippen LogP contribution in [0.25, 0.3) is 0 Å². The molecule has 0 atom stereocenters. The minimum Gasteiger partial charge on any atom is -0.0776 e. The molecule has 0 N–H and O–H groups in total. The summed E-state index contributed by atoms with van der Waals surface area (Å²) in [6.45, 7) is 36.0. The van der Waals surface area contributed by atoms with Gasteiger partial charge in [0.05, 0.1) is 0 Å². The van der Waals surface area contributed by atoms with E-state index in [-0.39, 0.29) is 26.6 Å². The zero-order valence-electron chi connectivity index (χ0n) is 18.0. The van der Waals surface area contributed by atoms with Crippen LogP contribution in [-0.2, 0) is 0 Å². The minimum atomic E-state index is 0.